The third kappa shape index (κ3) is 3.66. The molecule has 8 heteroatoms. The maximum atomic E-state index is 6.06. The molecule has 0 aromatic carbocycles. The fraction of sp³-hybridized carbons (Fsp3) is 0.636. The second-order valence-electron chi connectivity index (χ2n) is 4.89. The second kappa shape index (κ2) is 6.00. The molecule has 0 unspecified atom stereocenters. The Morgan fingerprint density at radius 3 is 2.42 bits per heavy atom. The second-order valence-corrected chi connectivity index (χ2v) is 4.89. The summed E-state index contributed by atoms with van der Waals surface area (Å²) in [4.78, 5) is 10.6. The van der Waals surface area contributed by atoms with Crippen LogP contribution in [0, 0.1) is 0 Å². The van der Waals surface area contributed by atoms with Crippen LogP contribution in [0.1, 0.15) is 0 Å². The Labute approximate surface area is 113 Å². The lowest BCUT2D eigenvalue weighted by Crippen LogP contribution is -2.47. The standard InChI is InChI=1S/C11H22N8/c1-17(2)15-10-9(12)11(14-8-13-10)16-19-6-4-18(3)5-7-19/h8H,4-7,12H2,1-3H3,(H2,13,14,15,16). The topological polar surface area (TPSA) is 85.6 Å². The number of nitrogens with two attached hydrogens (primary N) is 1. The first-order valence-corrected chi connectivity index (χ1v) is 6.31. The highest BCUT2D eigenvalue weighted by molar-refractivity contribution is 5.73. The van der Waals surface area contributed by atoms with Gasteiger partial charge in [-0.05, 0) is 7.05 Å². The highest BCUT2D eigenvalue weighted by atomic mass is 15.5. The molecule has 2 rings (SSSR count). The average molecular weight is 266 g/mol. The predicted molar refractivity (Wildman–Crippen MR) is 76.4 cm³/mol. The number of nitrogens with one attached hydrogen (secondary N) is 2. The van der Waals surface area contributed by atoms with Crippen LogP contribution in [0.5, 0.6) is 0 Å². The lowest BCUT2D eigenvalue weighted by molar-refractivity contribution is 0.178. The van der Waals surface area contributed by atoms with Gasteiger partial charge in [0.2, 0.25) is 0 Å². The number of hydrogen-bond donors (Lipinski definition) is 3. The third-order valence-corrected chi connectivity index (χ3v) is 2.98. The highest BCUT2D eigenvalue weighted by Crippen LogP contribution is 2.23. The van der Waals surface area contributed by atoms with Gasteiger partial charge in [0, 0.05) is 40.3 Å². The molecule has 0 radical (unpaired) electrons. The van der Waals surface area contributed by atoms with Crippen molar-refractivity contribution < 1.29 is 0 Å². The Bertz CT molecular complexity index is 413. The Morgan fingerprint density at radius 1 is 1.16 bits per heavy atom. The molecule has 19 heavy (non-hydrogen) atoms. The van der Waals surface area contributed by atoms with E-state index in [4.69, 9.17) is 5.73 Å². The van der Waals surface area contributed by atoms with Crippen molar-refractivity contribution in [3.63, 3.8) is 0 Å². The van der Waals surface area contributed by atoms with Crippen LogP contribution in [0.4, 0.5) is 17.3 Å². The Balaban J connectivity index is 2.04. The molecule has 4 N–H and O–H groups in total. The molecule has 0 spiro atoms. The number of anilines is 3. The molecule has 106 valence electrons. The van der Waals surface area contributed by atoms with E-state index in [-0.39, 0.29) is 0 Å². The van der Waals surface area contributed by atoms with E-state index in [2.05, 4.69) is 37.8 Å². The molecule has 1 aromatic heterocycles. The molecule has 2 heterocycles. The molecule has 1 fully saturated rings. The molecule has 1 aromatic rings. The molecular weight excluding hydrogens is 244 g/mol. The molecule has 1 saturated heterocycles. The maximum absolute atomic E-state index is 6.06. The van der Waals surface area contributed by atoms with E-state index < -0.39 is 0 Å². The van der Waals surface area contributed by atoms with E-state index in [1.165, 1.54) is 6.33 Å². The largest absolute Gasteiger partial charge is 0.393 e. The van der Waals surface area contributed by atoms with E-state index in [9.17, 15) is 0 Å². The summed E-state index contributed by atoms with van der Waals surface area (Å²) in [5.74, 6) is 1.25. The van der Waals surface area contributed by atoms with Gasteiger partial charge in [0.1, 0.15) is 12.0 Å². The number of hydrogen-bond acceptors (Lipinski definition) is 8. The minimum atomic E-state index is 0.523. The van der Waals surface area contributed by atoms with Gasteiger partial charge < -0.3 is 21.5 Å². The third-order valence-electron chi connectivity index (χ3n) is 2.98. The van der Waals surface area contributed by atoms with E-state index >= 15 is 0 Å². The SMILES string of the molecule is CN1CCN(Nc2ncnc(NN(C)C)c2N)CC1. The zero-order chi connectivity index (χ0) is 13.8. The lowest BCUT2D eigenvalue weighted by atomic mass is 10.4. The highest BCUT2D eigenvalue weighted by Gasteiger charge is 2.16. The first-order valence-electron chi connectivity index (χ1n) is 6.31. The number of piperazine rings is 1. The summed E-state index contributed by atoms with van der Waals surface area (Å²) in [7, 11) is 5.89. The minimum Gasteiger partial charge on any atom is -0.393 e. The van der Waals surface area contributed by atoms with Gasteiger partial charge in [-0.1, -0.05) is 0 Å². The fourth-order valence-corrected chi connectivity index (χ4v) is 1.85. The molecule has 0 aliphatic carbocycles. The van der Waals surface area contributed by atoms with Crippen molar-refractivity contribution in [3.8, 4) is 0 Å². The minimum absolute atomic E-state index is 0.523. The smallest absolute Gasteiger partial charge is 0.169 e. The maximum Gasteiger partial charge on any atom is 0.169 e. The van der Waals surface area contributed by atoms with Gasteiger partial charge in [0.25, 0.3) is 0 Å². The van der Waals surface area contributed by atoms with Crippen LogP contribution in [0.15, 0.2) is 6.33 Å². The van der Waals surface area contributed by atoms with Crippen molar-refractivity contribution in [3.05, 3.63) is 6.33 Å². The summed E-state index contributed by atoms with van der Waals surface area (Å²) in [6.07, 6.45) is 1.50. The van der Waals surface area contributed by atoms with E-state index in [1.807, 2.05) is 14.1 Å². The van der Waals surface area contributed by atoms with Crippen molar-refractivity contribution >= 4 is 17.3 Å². The zero-order valence-corrected chi connectivity index (χ0v) is 11.7. The van der Waals surface area contributed by atoms with E-state index in [0.29, 0.717) is 17.3 Å². The normalized spacial score (nSPS) is 17.7. The number of rotatable bonds is 4. The molecular formula is C11H22N8. The van der Waals surface area contributed by atoms with Crippen molar-refractivity contribution in [1.29, 1.82) is 0 Å². The lowest BCUT2D eigenvalue weighted by Gasteiger charge is -2.33. The number of likely N-dealkylation sites (N-methyl/N-ethyl adjacent to an activating group) is 1. The first kappa shape index (κ1) is 13.8. The van der Waals surface area contributed by atoms with E-state index in [1.54, 1.807) is 5.01 Å². The molecule has 0 bridgehead atoms. The van der Waals surface area contributed by atoms with Crippen LogP contribution in [0.25, 0.3) is 0 Å². The summed E-state index contributed by atoms with van der Waals surface area (Å²) in [5.41, 5.74) is 12.9. The predicted octanol–water partition coefficient (Wildman–Crippen LogP) is -0.478. The van der Waals surface area contributed by atoms with Gasteiger partial charge in [-0.3, -0.25) is 0 Å². The number of aromatic nitrogens is 2. The fourth-order valence-electron chi connectivity index (χ4n) is 1.85. The van der Waals surface area contributed by atoms with Crippen LogP contribution in [-0.4, -0.2) is 72.2 Å². The number of hydrazine groups is 2. The first-order chi connectivity index (χ1) is 9.06. The summed E-state index contributed by atoms with van der Waals surface area (Å²) >= 11 is 0. The Kier molecular flexibility index (Phi) is 4.35. The molecule has 0 saturated carbocycles. The van der Waals surface area contributed by atoms with Gasteiger partial charge in [-0.25, -0.2) is 20.0 Å². The molecule has 1 aliphatic heterocycles. The quantitative estimate of drug-likeness (QED) is 0.630. The average Bonchev–Trinajstić information content (AvgIpc) is 2.36. The Hall–Kier alpha value is -1.64. The number of nitrogen functional groups attached to an aromatic ring is 1. The van der Waals surface area contributed by atoms with Gasteiger partial charge >= 0.3 is 0 Å². The van der Waals surface area contributed by atoms with Crippen molar-refractivity contribution in [2.75, 3.05) is 63.9 Å². The van der Waals surface area contributed by atoms with Gasteiger partial charge in [0.15, 0.2) is 11.6 Å². The summed E-state index contributed by atoms with van der Waals surface area (Å²) in [5, 5.41) is 3.91. The molecule has 0 atom stereocenters. The van der Waals surface area contributed by atoms with Crippen molar-refractivity contribution in [1.82, 2.24) is 24.9 Å². The Morgan fingerprint density at radius 2 is 1.79 bits per heavy atom. The van der Waals surface area contributed by atoms with Crippen LogP contribution < -0.4 is 16.6 Å². The van der Waals surface area contributed by atoms with E-state index in [0.717, 1.165) is 26.2 Å². The zero-order valence-electron chi connectivity index (χ0n) is 11.7. The van der Waals surface area contributed by atoms with Crippen molar-refractivity contribution in [2.24, 2.45) is 0 Å². The summed E-state index contributed by atoms with van der Waals surface area (Å²) in [6, 6.07) is 0. The van der Waals surface area contributed by atoms with Gasteiger partial charge in [0.05, 0.1) is 0 Å². The monoisotopic (exact) mass is 266 g/mol. The van der Waals surface area contributed by atoms with Crippen LogP contribution in [0.2, 0.25) is 0 Å². The van der Waals surface area contributed by atoms with Gasteiger partial charge in [-0.15, -0.1) is 0 Å². The summed E-state index contributed by atoms with van der Waals surface area (Å²) in [6.45, 7) is 3.94. The van der Waals surface area contributed by atoms with Gasteiger partial charge in [-0.2, -0.15) is 0 Å². The van der Waals surface area contributed by atoms with Crippen LogP contribution in [-0.2, 0) is 0 Å². The van der Waals surface area contributed by atoms with Crippen LogP contribution in [0.3, 0.4) is 0 Å². The molecule has 0 amide bonds. The molecule has 8 nitrogen and oxygen atoms in total. The molecule has 1 aliphatic rings. The van der Waals surface area contributed by atoms with Crippen LogP contribution >= 0.6 is 0 Å². The number of nitrogens with zero attached hydrogens (tertiary/aromatic N) is 5. The van der Waals surface area contributed by atoms with Crippen molar-refractivity contribution in [2.45, 2.75) is 0 Å². The summed E-state index contributed by atoms with van der Waals surface area (Å²) < 4.78 is 0.